The first-order valence-corrected chi connectivity index (χ1v) is 11.2. The van der Waals surface area contributed by atoms with Crippen molar-refractivity contribution in [1.82, 2.24) is 19.4 Å². The molecule has 1 fully saturated rings. The molecule has 1 aromatic heterocycles. The van der Waals surface area contributed by atoms with E-state index in [1.165, 1.54) is 5.56 Å². The molecule has 1 aliphatic heterocycles. The lowest BCUT2D eigenvalue weighted by Crippen LogP contribution is -2.60. The first-order chi connectivity index (χ1) is 15.3. The Morgan fingerprint density at radius 3 is 2.44 bits per heavy atom. The lowest BCUT2D eigenvalue weighted by molar-refractivity contribution is 0.0325. The van der Waals surface area contributed by atoms with Crippen LogP contribution in [0.4, 0.5) is 10.5 Å². The van der Waals surface area contributed by atoms with Crippen LogP contribution < -0.4 is 5.32 Å². The van der Waals surface area contributed by atoms with Crippen LogP contribution in [0.15, 0.2) is 60.9 Å². The van der Waals surface area contributed by atoms with E-state index in [2.05, 4.69) is 70.9 Å². The third-order valence-electron chi connectivity index (χ3n) is 6.45. The molecule has 1 saturated heterocycles. The van der Waals surface area contributed by atoms with Gasteiger partial charge in [0.25, 0.3) is 0 Å². The first-order valence-electron chi connectivity index (χ1n) is 11.2. The van der Waals surface area contributed by atoms with Crippen molar-refractivity contribution in [3.8, 4) is 0 Å². The minimum atomic E-state index is -0.0932. The molecule has 0 radical (unpaired) electrons. The first kappa shape index (κ1) is 22.1. The molecule has 6 heteroatoms. The highest BCUT2D eigenvalue weighted by molar-refractivity contribution is 5.89. The highest BCUT2D eigenvalue weighted by atomic mass is 16.2. The number of anilines is 1. The molecule has 0 saturated carbocycles. The number of amides is 2. The number of imidazole rings is 1. The van der Waals surface area contributed by atoms with Crippen molar-refractivity contribution in [2.75, 3.05) is 25.0 Å². The topological polar surface area (TPSA) is 53.4 Å². The molecule has 4 rings (SSSR count). The molecule has 2 heterocycles. The van der Waals surface area contributed by atoms with E-state index in [1.54, 1.807) is 0 Å². The summed E-state index contributed by atoms with van der Waals surface area (Å²) in [6, 6.07) is 18.6. The zero-order valence-corrected chi connectivity index (χ0v) is 19.5. The van der Waals surface area contributed by atoms with Crippen LogP contribution >= 0.6 is 0 Å². The summed E-state index contributed by atoms with van der Waals surface area (Å²) in [7, 11) is 0. The normalized spacial score (nSPS) is 16.2. The second-order valence-electron chi connectivity index (χ2n) is 9.31. The smallest absolute Gasteiger partial charge is 0.321 e. The SMILES string of the molecule is Cc1ncn(Cc2cccc(NC(=O)N3CCN(Cc4ccccc4)C(C)(C)C3)c2)c1C. The Balaban J connectivity index is 1.37. The fraction of sp³-hybridized carbons (Fsp3) is 0.385. The third-order valence-corrected chi connectivity index (χ3v) is 6.45. The van der Waals surface area contributed by atoms with Gasteiger partial charge in [0.2, 0.25) is 0 Å². The Hall–Kier alpha value is -3.12. The van der Waals surface area contributed by atoms with Gasteiger partial charge >= 0.3 is 6.03 Å². The molecule has 1 aliphatic rings. The standard InChI is InChI=1S/C26H33N5O/c1-20-21(2)30(19-27-20)16-23-11-8-12-24(15-23)28-25(32)29-13-14-31(26(3,4)18-29)17-22-9-6-5-7-10-22/h5-12,15,19H,13-14,16-18H2,1-4H3,(H,28,32). The number of benzene rings is 2. The average molecular weight is 432 g/mol. The van der Waals surface area contributed by atoms with Crippen LogP contribution in [0.2, 0.25) is 0 Å². The highest BCUT2D eigenvalue weighted by Gasteiger charge is 2.35. The molecule has 6 nitrogen and oxygen atoms in total. The number of aromatic nitrogens is 2. The largest absolute Gasteiger partial charge is 0.330 e. The highest BCUT2D eigenvalue weighted by Crippen LogP contribution is 2.24. The summed E-state index contributed by atoms with van der Waals surface area (Å²) in [5.41, 5.74) is 5.38. The monoisotopic (exact) mass is 431 g/mol. The van der Waals surface area contributed by atoms with Crippen LogP contribution in [0.5, 0.6) is 0 Å². The van der Waals surface area contributed by atoms with E-state index in [-0.39, 0.29) is 11.6 Å². The average Bonchev–Trinajstić information content (AvgIpc) is 3.08. The zero-order chi connectivity index (χ0) is 22.7. The van der Waals surface area contributed by atoms with E-state index < -0.39 is 0 Å². The van der Waals surface area contributed by atoms with Gasteiger partial charge < -0.3 is 14.8 Å². The maximum Gasteiger partial charge on any atom is 0.321 e. The third kappa shape index (κ3) is 5.02. The summed E-state index contributed by atoms with van der Waals surface area (Å²) >= 11 is 0. The number of hydrogen-bond donors (Lipinski definition) is 1. The fourth-order valence-electron chi connectivity index (χ4n) is 4.31. The summed E-state index contributed by atoms with van der Waals surface area (Å²) < 4.78 is 2.13. The van der Waals surface area contributed by atoms with Crippen LogP contribution in [0.1, 0.15) is 36.4 Å². The number of nitrogens with one attached hydrogen (secondary N) is 1. The second kappa shape index (κ2) is 9.17. The van der Waals surface area contributed by atoms with Crippen molar-refractivity contribution in [2.45, 2.75) is 46.3 Å². The Labute approximate surface area is 190 Å². The Kier molecular flexibility index (Phi) is 6.33. The van der Waals surface area contributed by atoms with Crippen molar-refractivity contribution < 1.29 is 4.79 Å². The number of piperazine rings is 1. The Morgan fingerprint density at radius 2 is 1.75 bits per heavy atom. The van der Waals surface area contributed by atoms with Crippen molar-refractivity contribution in [1.29, 1.82) is 0 Å². The van der Waals surface area contributed by atoms with Crippen molar-refractivity contribution in [3.05, 3.63) is 83.4 Å². The van der Waals surface area contributed by atoms with Crippen molar-refractivity contribution >= 4 is 11.7 Å². The lowest BCUT2D eigenvalue weighted by atomic mass is 9.98. The summed E-state index contributed by atoms with van der Waals surface area (Å²) in [6.45, 7) is 12.4. The Morgan fingerprint density at radius 1 is 1.00 bits per heavy atom. The van der Waals surface area contributed by atoms with Gasteiger partial charge in [-0.3, -0.25) is 4.90 Å². The van der Waals surface area contributed by atoms with Crippen molar-refractivity contribution in [2.24, 2.45) is 0 Å². The van der Waals surface area contributed by atoms with Gasteiger partial charge in [0.05, 0.1) is 12.0 Å². The molecule has 1 N–H and O–H groups in total. The molecule has 168 valence electrons. The van der Waals surface area contributed by atoms with Gasteiger partial charge in [-0.2, -0.15) is 0 Å². The van der Waals surface area contributed by atoms with Gasteiger partial charge in [-0.1, -0.05) is 42.5 Å². The predicted octanol–water partition coefficient (Wildman–Crippen LogP) is 4.68. The molecule has 3 aromatic rings. The van der Waals surface area contributed by atoms with Crippen LogP contribution in [-0.4, -0.2) is 50.6 Å². The number of urea groups is 1. The molecule has 2 amide bonds. The lowest BCUT2D eigenvalue weighted by Gasteiger charge is -2.47. The van der Waals surface area contributed by atoms with Gasteiger partial charge in [0, 0.05) is 49.6 Å². The molecule has 0 bridgehead atoms. The van der Waals surface area contributed by atoms with Crippen LogP contribution in [0.25, 0.3) is 0 Å². The minimum absolute atomic E-state index is 0.0377. The number of carbonyl (C=O) groups is 1. The van der Waals surface area contributed by atoms with Crippen LogP contribution in [0, 0.1) is 13.8 Å². The van der Waals surface area contributed by atoms with Gasteiger partial charge in [0.15, 0.2) is 0 Å². The van der Waals surface area contributed by atoms with E-state index in [4.69, 9.17) is 0 Å². The molecular formula is C26H33N5O. The maximum absolute atomic E-state index is 13.0. The predicted molar refractivity (Wildman–Crippen MR) is 129 cm³/mol. The number of aryl methyl sites for hydroxylation is 1. The Bertz CT molecular complexity index is 1070. The molecule has 2 aromatic carbocycles. The quantitative estimate of drug-likeness (QED) is 0.638. The molecule has 0 spiro atoms. The molecule has 32 heavy (non-hydrogen) atoms. The summed E-state index contributed by atoms with van der Waals surface area (Å²) in [5.74, 6) is 0. The summed E-state index contributed by atoms with van der Waals surface area (Å²) in [4.78, 5) is 21.8. The van der Waals surface area contributed by atoms with Gasteiger partial charge in [-0.15, -0.1) is 0 Å². The van der Waals surface area contributed by atoms with Gasteiger partial charge in [-0.25, -0.2) is 9.78 Å². The van der Waals surface area contributed by atoms with Crippen LogP contribution in [-0.2, 0) is 13.1 Å². The molecule has 0 unspecified atom stereocenters. The summed E-state index contributed by atoms with van der Waals surface area (Å²) in [6.07, 6.45) is 1.87. The second-order valence-corrected chi connectivity index (χ2v) is 9.31. The zero-order valence-electron chi connectivity index (χ0n) is 19.5. The number of rotatable bonds is 5. The summed E-state index contributed by atoms with van der Waals surface area (Å²) in [5, 5.41) is 3.10. The number of carbonyl (C=O) groups excluding carboxylic acids is 1. The maximum atomic E-state index is 13.0. The number of hydrogen-bond acceptors (Lipinski definition) is 3. The van der Waals surface area contributed by atoms with Gasteiger partial charge in [0.1, 0.15) is 0 Å². The molecule has 0 aliphatic carbocycles. The van der Waals surface area contributed by atoms with E-state index >= 15 is 0 Å². The van der Waals surface area contributed by atoms with Crippen molar-refractivity contribution in [3.63, 3.8) is 0 Å². The van der Waals surface area contributed by atoms with E-state index in [1.807, 2.05) is 42.4 Å². The molecule has 0 atom stereocenters. The van der Waals surface area contributed by atoms with E-state index in [0.717, 1.165) is 48.8 Å². The van der Waals surface area contributed by atoms with E-state index in [0.29, 0.717) is 6.54 Å². The van der Waals surface area contributed by atoms with Crippen LogP contribution in [0.3, 0.4) is 0 Å². The fourth-order valence-corrected chi connectivity index (χ4v) is 4.31. The minimum Gasteiger partial charge on any atom is -0.330 e. The molecular weight excluding hydrogens is 398 g/mol. The number of nitrogens with zero attached hydrogens (tertiary/aromatic N) is 4. The van der Waals surface area contributed by atoms with Gasteiger partial charge in [-0.05, 0) is 51.0 Å². The van der Waals surface area contributed by atoms with E-state index in [9.17, 15) is 4.79 Å².